The molecular formula is C28H42N4O7. The molecule has 3 aliphatic heterocycles. The predicted octanol–water partition coefficient (Wildman–Crippen LogP) is 0.750. The van der Waals surface area contributed by atoms with E-state index in [1.54, 1.807) is 17.0 Å². The van der Waals surface area contributed by atoms with E-state index in [-0.39, 0.29) is 44.5 Å². The van der Waals surface area contributed by atoms with Crippen LogP contribution in [0.4, 0.5) is 0 Å². The fourth-order valence-electron chi connectivity index (χ4n) is 4.76. The molecule has 1 aromatic rings. The van der Waals surface area contributed by atoms with Gasteiger partial charge in [0.25, 0.3) is 5.91 Å². The Hall–Kier alpha value is -3.18. The number of rotatable bonds is 6. The molecule has 1 aromatic carbocycles. The van der Waals surface area contributed by atoms with Crippen LogP contribution < -0.4 is 15.4 Å². The lowest BCUT2D eigenvalue weighted by molar-refractivity contribution is -0.149. The molecule has 0 radical (unpaired) electrons. The van der Waals surface area contributed by atoms with Crippen molar-refractivity contribution in [2.24, 2.45) is 5.92 Å². The number of ether oxygens (including phenoxy) is 3. The molecule has 11 nitrogen and oxygen atoms in total. The highest BCUT2D eigenvalue weighted by atomic mass is 16.5. The Bertz CT molecular complexity index is 1010. The number of methoxy groups -OCH3 is 1. The lowest BCUT2D eigenvalue weighted by atomic mass is 10.0. The molecule has 0 spiro atoms. The molecule has 2 atom stereocenters. The number of fused-ring (bicyclic) bond motifs is 13. The van der Waals surface area contributed by atoms with Gasteiger partial charge in [0.2, 0.25) is 17.7 Å². The number of nitrogens with one attached hydrogen (secondary N) is 2. The van der Waals surface area contributed by atoms with Crippen molar-refractivity contribution in [3.05, 3.63) is 29.8 Å². The minimum Gasteiger partial charge on any atom is -0.484 e. The standard InChI is InChI=1S/C28H42N4O7/c1-19(2)14-22-26(35)31(10-12-37-5)16-24(33)29-23(27(36)32-11-13-39-28(3,4)18-32)15-20-6-8-21(9-7-20)38-17-25(34)30-22/h6-9,19,22-23H,10-18H2,1-5H3,(H,29,33)(H,30,34)/t22-,23+/m0/s1. The van der Waals surface area contributed by atoms with Gasteiger partial charge in [-0.25, -0.2) is 0 Å². The first-order chi connectivity index (χ1) is 18.5. The average molecular weight is 547 g/mol. The van der Waals surface area contributed by atoms with Crippen LogP contribution in [0.3, 0.4) is 0 Å². The third kappa shape index (κ3) is 9.21. The molecule has 11 heteroatoms. The first-order valence-electron chi connectivity index (χ1n) is 13.5. The summed E-state index contributed by atoms with van der Waals surface area (Å²) in [4.78, 5) is 56.3. The van der Waals surface area contributed by atoms with Crippen LogP contribution in [0.15, 0.2) is 24.3 Å². The fraction of sp³-hybridized carbons (Fsp3) is 0.643. The van der Waals surface area contributed by atoms with Crippen molar-refractivity contribution < 1.29 is 33.4 Å². The number of benzene rings is 1. The van der Waals surface area contributed by atoms with Crippen molar-refractivity contribution in [2.45, 2.75) is 58.2 Å². The maximum absolute atomic E-state index is 13.6. The summed E-state index contributed by atoms with van der Waals surface area (Å²) in [6, 6.07) is 5.39. The lowest BCUT2D eigenvalue weighted by Gasteiger charge is -2.39. The van der Waals surface area contributed by atoms with Gasteiger partial charge < -0.3 is 34.6 Å². The minimum absolute atomic E-state index is 0.108. The van der Waals surface area contributed by atoms with Gasteiger partial charge in [0.05, 0.1) is 25.4 Å². The van der Waals surface area contributed by atoms with Gasteiger partial charge in [0.1, 0.15) is 17.8 Å². The molecule has 4 rings (SSSR count). The van der Waals surface area contributed by atoms with E-state index in [4.69, 9.17) is 14.2 Å². The average Bonchev–Trinajstić information content (AvgIpc) is 2.87. The topological polar surface area (TPSA) is 127 Å². The van der Waals surface area contributed by atoms with Crippen LogP contribution in [0, 0.1) is 5.92 Å². The second kappa shape index (κ2) is 13.7. The third-order valence-corrected chi connectivity index (χ3v) is 6.66. The van der Waals surface area contributed by atoms with E-state index in [1.807, 2.05) is 39.8 Å². The van der Waals surface area contributed by atoms with Crippen LogP contribution in [0.1, 0.15) is 39.7 Å². The van der Waals surface area contributed by atoms with Crippen LogP contribution in [0.25, 0.3) is 0 Å². The van der Waals surface area contributed by atoms with Crippen LogP contribution in [0.5, 0.6) is 5.75 Å². The number of hydrogen-bond donors (Lipinski definition) is 2. The Morgan fingerprint density at radius 2 is 1.85 bits per heavy atom. The molecule has 3 heterocycles. The molecule has 0 aliphatic carbocycles. The van der Waals surface area contributed by atoms with Crippen molar-refractivity contribution >= 4 is 23.6 Å². The molecule has 39 heavy (non-hydrogen) atoms. The van der Waals surface area contributed by atoms with Crippen LogP contribution >= 0.6 is 0 Å². The maximum atomic E-state index is 13.6. The van der Waals surface area contributed by atoms with E-state index in [1.165, 1.54) is 12.0 Å². The largest absolute Gasteiger partial charge is 0.484 e. The molecule has 0 aromatic heterocycles. The van der Waals surface area contributed by atoms with Crippen LogP contribution in [-0.4, -0.2) is 104 Å². The molecular weight excluding hydrogens is 504 g/mol. The summed E-state index contributed by atoms with van der Waals surface area (Å²) in [6.45, 7) is 8.82. The molecule has 2 N–H and O–H groups in total. The van der Waals surface area contributed by atoms with Gasteiger partial charge in [-0.3, -0.25) is 19.2 Å². The first-order valence-corrected chi connectivity index (χ1v) is 13.5. The highest BCUT2D eigenvalue weighted by molar-refractivity contribution is 5.93. The quantitative estimate of drug-likeness (QED) is 0.504. The summed E-state index contributed by atoms with van der Waals surface area (Å²) in [6.07, 6.45) is 0.642. The van der Waals surface area contributed by atoms with Gasteiger partial charge in [0.15, 0.2) is 6.61 Å². The van der Waals surface area contributed by atoms with Crippen molar-refractivity contribution in [1.82, 2.24) is 20.4 Å². The zero-order valence-corrected chi connectivity index (χ0v) is 23.7. The molecule has 4 amide bonds. The smallest absolute Gasteiger partial charge is 0.258 e. The molecule has 1 fully saturated rings. The van der Waals surface area contributed by atoms with E-state index < -0.39 is 35.4 Å². The number of amides is 4. The van der Waals surface area contributed by atoms with Gasteiger partial charge in [-0.15, -0.1) is 0 Å². The normalized spacial score (nSPS) is 22.9. The Labute approximate surface area is 230 Å². The summed E-state index contributed by atoms with van der Waals surface area (Å²) in [5, 5.41) is 5.65. The predicted molar refractivity (Wildman–Crippen MR) is 144 cm³/mol. The van der Waals surface area contributed by atoms with E-state index in [0.29, 0.717) is 31.9 Å². The number of hydrogen-bond acceptors (Lipinski definition) is 7. The summed E-state index contributed by atoms with van der Waals surface area (Å²) in [5.41, 5.74) is 0.323. The fourth-order valence-corrected chi connectivity index (χ4v) is 4.76. The SMILES string of the molecule is COCCN1CC(=O)N[C@@H](C(=O)N2CCOC(C)(C)C2)Cc2ccc(cc2)OCC(=O)N[C@@H](CC(C)C)C1=O. The monoisotopic (exact) mass is 546 g/mol. The molecule has 216 valence electrons. The first kappa shape index (κ1) is 30.4. The third-order valence-electron chi connectivity index (χ3n) is 6.66. The molecule has 0 unspecified atom stereocenters. The van der Waals surface area contributed by atoms with Crippen LogP contribution in [0.2, 0.25) is 0 Å². The Morgan fingerprint density at radius 3 is 2.49 bits per heavy atom. The van der Waals surface area contributed by atoms with Gasteiger partial charge in [-0.2, -0.15) is 0 Å². The van der Waals surface area contributed by atoms with E-state index in [9.17, 15) is 19.2 Å². The molecule has 3 aliphatic rings. The second-order valence-electron chi connectivity index (χ2n) is 11.1. The Kier molecular flexibility index (Phi) is 10.7. The van der Waals surface area contributed by atoms with Crippen molar-refractivity contribution in [3.63, 3.8) is 0 Å². The van der Waals surface area contributed by atoms with E-state index >= 15 is 0 Å². The number of carbonyl (C=O) groups excluding carboxylic acids is 4. The number of morpholine rings is 1. The summed E-state index contributed by atoms with van der Waals surface area (Å²) in [7, 11) is 1.51. The van der Waals surface area contributed by atoms with Crippen molar-refractivity contribution in [2.75, 3.05) is 53.1 Å². The van der Waals surface area contributed by atoms with Crippen molar-refractivity contribution in [1.29, 1.82) is 0 Å². The van der Waals surface area contributed by atoms with E-state index in [0.717, 1.165) is 5.56 Å². The van der Waals surface area contributed by atoms with Crippen molar-refractivity contribution in [3.8, 4) is 5.75 Å². The second-order valence-corrected chi connectivity index (χ2v) is 11.1. The lowest BCUT2D eigenvalue weighted by Crippen LogP contribution is -2.58. The summed E-state index contributed by atoms with van der Waals surface area (Å²) < 4.78 is 16.6. The zero-order valence-electron chi connectivity index (χ0n) is 23.7. The Morgan fingerprint density at radius 1 is 1.13 bits per heavy atom. The maximum Gasteiger partial charge on any atom is 0.258 e. The highest BCUT2D eigenvalue weighted by Crippen LogP contribution is 2.19. The summed E-state index contributed by atoms with van der Waals surface area (Å²) in [5.74, 6) is -0.904. The summed E-state index contributed by atoms with van der Waals surface area (Å²) >= 11 is 0. The van der Waals surface area contributed by atoms with Gasteiger partial charge in [0, 0.05) is 33.2 Å². The number of nitrogens with zero attached hydrogens (tertiary/aromatic N) is 2. The van der Waals surface area contributed by atoms with Gasteiger partial charge in [-0.05, 0) is 43.9 Å². The molecule has 1 saturated heterocycles. The van der Waals surface area contributed by atoms with Gasteiger partial charge in [-0.1, -0.05) is 26.0 Å². The molecule has 0 saturated carbocycles. The number of carbonyl (C=O) groups is 4. The zero-order chi connectivity index (χ0) is 28.6. The molecule has 2 bridgehead atoms. The Balaban J connectivity index is 1.91. The van der Waals surface area contributed by atoms with Crippen LogP contribution in [-0.2, 0) is 35.1 Å². The van der Waals surface area contributed by atoms with E-state index in [2.05, 4.69) is 10.6 Å². The minimum atomic E-state index is -0.839. The van der Waals surface area contributed by atoms with Gasteiger partial charge >= 0.3 is 0 Å². The highest BCUT2D eigenvalue weighted by Gasteiger charge is 2.35.